The molecule has 0 saturated heterocycles. The summed E-state index contributed by atoms with van der Waals surface area (Å²) in [4.78, 5) is 22.8. The number of carbonyl (C=O) groups excluding carboxylic acids is 2. The van der Waals surface area contributed by atoms with Gasteiger partial charge in [0.25, 0.3) is 5.91 Å². The van der Waals surface area contributed by atoms with Gasteiger partial charge in [-0.05, 0) is 41.1 Å². The third-order valence-electron chi connectivity index (χ3n) is 2.27. The zero-order valence-electron chi connectivity index (χ0n) is 11.4. The van der Waals surface area contributed by atoms with Crippen LogP contribution in [0.1, 0.15) is 13.3 Å². The molecule has 0 saturated carbocycles. The fourth-order valence-corrected chi connectivity index (χ4v) is 2.08. The fourth-order valence-electron chi connectivity index (χ4n) is 1.28. The van der Waals surface area contributed by atoms with Gasteiger partial charge in [0.05, 0.1) is 17.5 Å². The van der Waals surface area contributed by atoms with Crippen LogP contribution in [0, 0.1) is 0 Å². The van der Waals surface area contributed by atoms with Gasteiger partial charge >= 0.3 is 0 Å². The molecule has 21 heavy (non-hydrogen) atoms. The standard InChI is InChI=1S/C13H16BrClN2O4/c1-2-20-6-5-12(18)16-17-13(19)8-21-11-4-3-9(15)7-10(11)14/h3-4,7H,2,5-6,8H2,1H3,(H,16,18)(H,17,19). The van der Waals surface area contributed by atoms with Crippen molar-refractivity contribution in [2.45, 2.75) is 13.3 Å². The maximum atomic E-state index is 11.5. The minimum atomic E-state index is -0.471. The predicted octanol–water partition coefficient (Wildman–Crippen LogP) is 2.06. The lowest BCUT2D eigenvalue weighted by atomic mass is 10.3. The van der Waals surface area contributed by atoms with Crippen LogP contribution in [0.25, 0.3) is 0 Å². The second-order valence-corrected chi connectivity index (χ2v) is 5.20. The molecule has 0 aliphatic heterocycles. The molecule has 6 nitrogen and oxygen atoms in total. The van der Waals surface area contributed by atoms with E-state index in [4.69, 9.17) is 21.1 Å². The predicted molar refractivity (Wildman–Crippen MR) is 82.0 cm³/mol. The number of benzene rings is 1. The Kier molecular flexibility index (Phi) is 8.11. The van der Waals surface area contributed by atoms with Crippen LogP contribution in [-0.2, 0) is 14.3 Å². The topological polar surface area (TPSA) is 76.7 Å². The number of hydrogen-bond donors (Lipinski definition) is 2. The van der Waals surface area contributed by atoms with E-state index in [1.807, 2.05) is 6.92 Å². The first-order chi connectivity index (χ1) is 10.0. The monoisotopic (exact) mass is 378 g/mol. The first-order valence-corrected chi connectivity index (χ1v) is 7.43. The van der Waals surface area contributed by atoms with E-state index in [1.165, 1.54) is 0 Å². The highest BCUT2D eigenvalue weighted by Gasteiger charge is 2.07. The highest BCUT2D eigenvalue weighted by atomic mass is 79.9. The minimum absolute atomic E-state index is 0.178. The summed E-state index contributed by atoms with van der Waals surface area (Å²) in [5.74, 6) is -0.316. The van der Waals surface area contributed by atoms with Gasteiger partial charge in [-0.3, -0.25) is 20.4 Å². The van der Waals surface area contributed by atoms with E-state index in [9.17, 15) is 9.59 Å². The van der Waals surface area contributed by atoms with E-state index in [0.29, 0.717) is 28.5 Å². The van der Waals surface area contributed by atoms with Crippen molar-refractivity contribution in [3.8, 4) is 5.75 Å². The number of amides is 2. The normalized spacial score (nSPS) is 10.0. The Balaban J connectivity index is 2.26. The van der Waals surface area contributed by atoms with E-state index >= 15 is 0 Å². The summed E-state index contributed by atoms with van der Waals surface area (Å²) in [6.07, 6.45) is 0.178. The van der Waals surface area contributed by atoms with Gasteiger partial charge in [0.2, 0.25) is 5.91 Å². The summed E-state index contributed by atoms with van der Waals surface area (Å²) >= 11 is 9.06. The third-order valence-corrected chi connectivity index (χ3v) is 3.13. The van der Waals surface area contributed by atoms with Crippen LogP contribution < -0.4 is 15.6 Å². The molecule has 2 N–H and O–H groups in total. The smallest absolute Gasteiger partial charge is 0.276 e. The van der Waals surface area contributed by atoms with Crippen molar-refractivity contribution in [3.05, 3.63) is 27.7 Å². The molecule has 2 amide bonds. The molecule has 1 rings (SSSR count). The van der Waals surface area contributed by atoms with Gasteiger partial charge in [0.1, 0.15) is 5.75 Å². The van der Waals surface area contributed by atoms with Crippen molar-refractivity contribution < 1.29 is 19.1 Å². The van der Waals surface area contributed by atoms with Crippen molar-refractivity contribution in [2.24, 2.45) is 0 Å². The molecule has 0 aromatic heterocycles. The Hall–Kier alpha value is -1.31. The van der Waals surface area contributed by atoms with Gasteiger partial charge in [-0.25, -0.2) is 0 Å². The number of rotatable bonds is 7. The molecule has 0 spiro atoms. The Morgan fingerprint density at radius 2 is 2.00 bits per heavy atom. The summed E-state index contributed by atoms with van der Waals surface area (Å²) in [5.41, 5.74) is 4.52. The van der Waals surface area contributed by atoms with E-state index < -0.39 is 5.91 Å². The van der Waals surface area contributed by atoms with Gasteiger partial charge in [-0.1, -0.05) is 11.6 Å². The van der Waals surface area contributed by atoms with Crippen LogP contribution in [0.5, 0.6) is 5.75 Å². The van der Waals surface area contributed by atoms with Crippen molar-refractivity contribution in [2.75, 3.05) is 19.8 Å². The lowest BCUT2D eigenvalue weighted by Crippen LogP contribution is -2.44. The molecule has 0 aliphatic rings. The zero-order valence-corrected chi connectivity index (χ0v) is 13.8. The second kappa shape index (κ2) is 9.59. The molecular formula is C13H16BrClN2O4. The van der Waals surface area contributed by atoms with Crippen LogP contribution in [0.3, 0.4) is 0 Å². The average molecular weight is 380 g/mol. The first kappa shape index (κ1) is 17.7. The fraction of sp³-hybridized carbons (Fsp3) is 0.385. The van der Waals surface area contributed by atoms with Crippen molar-refractivity contribution in [1.29, 1.82) is 0 Å². The molecule has 0 aliphatic carbocycles. The van der Waals surface area contributed by atoms with Crippen molar-refractivity contribution in [3.63, 3.8) is 0 Å². The SMILES string of the molecule is CCOCCC(=O)NNC(=O)COc1ccc(Cl)cc1Br. The highest BCUT2D eigenvalue weighted by Crippen LogP contribution is 2.27. The molecule has 0 unspecified atom stereocenters. The number of ether oxygens (including phenoxy) is 2. The molecule has 0 radical (unpaired) electrons. The van der Waals surface area contributed by atoms with Gasteiger partial charge in [0, 0.05) is 11.6 Å². The highest BCUT2D eigenvalue weighted by molar-refractivity contribution is 9.10. The molecule has 0 bridgehead atoms. The Morgan fingerprint density at radius 1 is 1.29 bits per heavy atom. The van der Waals surface area contributed by atoms with Crippen molar-refractivity contribution in [1.82, 2.24) is 10.9 Å². The Morgan fingerprint density at radius 3 is 2.67 bits per heavy atom. The molecule has 1 aromatic rings. The maximum Gasteiger partial charge on any atom is 0.276 e. The number of hydrogen-bond acceptors (Lipinski definition) is 4. The van der Waals surface area contributed by atoms with Crippen molar-refractivity contribution >= 4 is 39.3 Å². The Labute approximate surface area is 136 Å². The zero-order chi connectivity index (χ0) is 15.7. The summed E-state index contributed by atoms with van der Waals surface area (Å²) < 4.78 is 11.0. The van der Waals surface area contributed by atoms with Gasteiger partial charge in [-0.15, -0.1) is 0 Å². The average Bonchev–Trinajstić information content (AvgIpc) is 2.44. The van der Waals surface area contributed by atoms with Crippen LogP contribution >= 0.6 is 27.5 Å². The molecular weight excluding hydrogens is 364 g/mol. The summed E-state index contributed by atoms with van der Waals surface area (Å²) in [6.45, 7) is 2.47. The van der Waals surface area contributed by atoms with E-state index in [0.717, 1.165) is 0 Å². The lowest BCUT2D eigenvalue weighted by Gasteiger charge is -2.10. The number of nitrogens with one attached hydrogen (secondary N) is 2. The van der Waals surface area contributed by atoms with E-state index in [2.05, 4.69) is 26.8 Å². The van der Waals surface area contributed by atoms with E-state index in [-0.39, 0.29) is 18.9 Å². The van der Waals surface area contributed by atoms with Gasteiger partial charge in [0.15, 0.2) is 6.61 Å². The molecule has 0 atom stereocenters. The minimum Gasteiger partial charge on any atom is -0.483 e. The quantitative estimate of drug-likeness (QED) is 0.561. The Bertz CT molecular complexity index is 499. The van der Waals surface area contributed by atoms with Crippen LogP contribution in [0.15, 0.2) is 22.7 Å². The largest absolute Gasteiger partial charge is 0.483 e. The molecule has 8 heteroatoms. The molecule has 0 fully saturated rings. The third kappa shape index (κ3) is 7.31. The number of carbonyl (C=O) groups is 2. The first-order valence-electron chi connectivity index (χ1n) is 6.26. The van der Waals surface area contributed by atoms with Gasteiger partial charge in [-0.2, -0.15) is 0 Å². The van der Waals surface area contributed by atoms with Crippen LogP contribution in [-0.4, -0.2) is 31.6 Å². The van der Waals surface area contributed by atoms with Crippen LogP contribution in [0.4, 0.5) is 0 Å². The second-order valence-electron chi connectivity index (χ2n) is 3.91. The summed E-state index contributed by atoms with van der Waals surface area (Å²) in [7, 11) is 0. The molecule has 0 heterocycles. The lowest BCUT2D eigenvalue weighted by molar-refractivity contribution is -0.130. The molecule has 116 valence electrons. The summed E-state index contributed by atoms with van der Waals surface area (Å²) in [6, 6.07) is 4.94. The maximum absolute atomic E-state index is 11.5. The van der Waals surface area contributed by atoms with Gasteiger partial charge < -0.3 is 9.47 Å². The van der Waals surface area contributed by atoms with Crippen LogP contribution in [0.2, 0.25) is 5.02 Å². The molecule has 1 aromatic carbocycles. The number of hydrazine groups is 1. The summed E-state index contributed by atoms with van der Waals surface area (Å²) in [5, 5.41) is 0.556. The number of halogens is 2. The van der Waals surface area contributed by atoms with E-state index in [1.54, 1.807) is 18.2 Å².